The molecule has 14 rings (SSSR count). The van der Waals surface area contributed by atoms with Gasteiger partial charge in [0.25, 0.3) is 0 Å². The minimum Gasteiger partial charge on any atom is -0.310 e. The quantitative estimate of drug-likeness (QED) is 0.0796. The van der Waals surface area contributed by atoms with E-state index in [2.05, 4.69) is 327 Å². The van der Waals surface area contributed by atoms with E-state index < -0.39 is 0 Å². The molecule has 0 N–H and O–H groups in total. The molecule has 0 radical (unpaired) electrons. The van der Waals surface area contributed by atoms with Crippen molar-refractivity contribution in [3.63, 3.8) is 0 Å². The summed E-state index contributed by atoms with van der Waals surface area (Å²) in [6, 6.07) is 108. The summed E-state index contributed by atoms with van der Waals surface area (Å²) < 4.78 is 0. The number of fused-ring (bicyclic) bond motifs is 6. The first kappa shape index (κ1) is 55.1. The predicted molar refractivity (Wildman–Crippen MR) is 375 cm³/mol. The Bertz CT molecular complexity index is 4120. The molecule has 0 fully saturated rings. The molecule has 2 nitrogen and oxygen atoms in total. The van der Waals surface area contributed by atoms with Crippen LogP contribution in [0.1, 0.15) is 66.8 Å². The van der Waals surface area contributed by atoms with Crippen molar-refractivity contribution < 1.29 is 0 Å². The molecule has 12 aromatic rings. The lowest BCUT2D eigenvalue weighted by molar-refractivity contribution is 0.520. The first-order valence-electron chi connectivity index (χ1n) is 30.6. The molecule has 0 unspecified atom stereocenters. The van der Waals surface area contributed by atoms with Crippen LogP contribution in [0.5, 0.6) is 0 Å². The van der Waals surface area contributed by atoms with Crippen LogP contribution < -0.4 is 9.80 Å². The molecule has 0 spiro atoms. The fourth-order valence-corrected chi connectivity index (χ4v) is 14.2. The molecule has 2 aliphatic rings. The van der Waals surface area contributed by atoms with Gasteiger partial charge in [-0.2, -0.15) is 0 Å². The summed E-state index contributed by atoms with van der Waals surface area (Å²) in [5.74, 6) is 0. The van der Waals surface area contributed by atoms with Crippen molar-refractivity contribution in [2.24, 2.45) is 0 Å². The van der Waals surface area contributed by atoms with Crippen LogP contribution in [0, 0.1) is 0 Å². The van der Waals surface area contributed by atoms with Crippen molar-refractivity contribution in [3.8, 4) is 33.4 Å². The Morgan fingerprint density at radius 2 is 0.500 bits per heavy atom. The highest BCUT2D eigenvalue weighted by molar-refractivity contribution is 5.89. The lowest BCUT2D eigenvalue weighted by Gasteiger charge is -2.34. The minimum absolute atomic E-state index is 0.351. The number of para-hydroxylation sites is 2. The van der Waals surface area contributed by atoms with Gasteiger partial charge in [0.15, 0.2) is 0 Å². The maximum absolute atomic E-state index is 4.05. The lowest BCUT2D eigenvalue weighted by Crippen LogP contribution is -2.31. The first-order chi connectivity index (χ1) is 43.3. The Kier molecular flexibility index (Phi) is 14.8. The zero-order chi connectivity index (χ0) is 59.6. The Morgan fingerprint density at radius 1 is 0.239 bits per heavy atom. The van der Waals surface area contributed by atoms with Gasteiger partial charge in [-0.1, -0.05) is 269 Å². The highest BCUT2D eigenvalue weighted by Crippen LogP contribution is 2.56. The van der Waals surface area contributed by atoms with Gasteiger partial charge >= 0.3 is 0 Å². The molecule has 0 amide bonds. The third kappa shape index (κ3) is 10.2. The minimum atomic E-state index is -0.351. The van der Waals surface area contributed by atoms with Gasteiger partial charge in [0.05, 0.1) is 0 Å². The van der Waals surface area contributed by atoms with E-state index in [9.17, 15) is 0 Å². The SMILES string of the molecule is C=Cc1ccc(CC2(Cc3ccc(C=C)cc3)c3ccccc3-c3ccc(N(c4ccccc4)c4ccc(-c5ccc(N(c6ccccc6)c6ccc7c(c6)C(Cc6ccc(C=C)cc6)(Cc6ccc(C=C)cc6)c6ccccc6-7)cc5)cc4)cc32)cc1. The van der Waals surface area contributed by atoms with Crippen molar-refractivity contribution in [2.45, 2.75) is 36.5 Å². The smallest absolute Gasteiger partial charge is 0.0465 e. The van der Waals surface area contributed by atoms with Gasteiger partial charge in [0, 0.05) is 45.0 Å². The fourth-order valence-electron chi connectivity index (χ4n) is 14.2. The summed E-state index contributed by atoms with van der Waals surface area (Å²) in [7, 11) is 0. The third-order valence-corrected chi connectivity index (χ3v) is 18.5. The van der Waals surface area contributed by atoms with Crippen LogP contribution in [0.4, 0.5) is 34.1 Å². The highest BCUT2D eigenvalue weighted by atomic mass is 15.1. The lowest BCUT2D eigenvalue weighted by atomic mass is 9.69. The Hall–Kier alpha value is -10.8. The van der Waals surface area contributed by atoms with E-state index in [0.29, 0.717) is 0 Å². The fraction of sp³-hybridized carbons (Fsp3) is 0.0698. The summed E-state index contributed by atoms with van der Waals surface area (Å²) in [6.45, 7) is 16.2. The standard InChI is InChI=1S/C86H68N2/c1-5-61-27-35-65(36-28-61)57-85(58-66-37-29-62(6-2)30-38-66)81-25-17-15-23-77(81)79-53-51-75(55-83(79)85)87(71-19-11-9-12-20-71)73-47-43-69(44-48-73)70-45-49-74(50-46-70)88(72-21-13-10-14-22-72)76-52-54-80-78-24-16-18-26-82(78)86(84(80)56-76,59-67-39-31-63(7-3)32-40-67)60-68-41-33-64(8-4)34-42-68/h5-56H,1-4,57-60H2. The van der Waals surface area contributed by atoms with Gasteiger partial charge in [-0.3, -0.25) is 0 Å². The number of nitrogens with zero attached hydrogens (tertiary/aromatic N) is 2. The van der Waals surface area contributed by atoms with Crippen LogP contribution in [0.3, 0.4) is 0 Å². The molecular formula is C86H68N2. The monoisotopic (exact) mass is 1130 g/mol. The second-order valence-corrected chi connectivity index (χ2v) is 23.6. The maximum atomic E-state index is 4.05. The number of hydrogen-bond donors (Lipinski definition) is 0. The van der Waals surface area contributed by atoms with Crippen LogP contribution in [-0.4, -0.2) is 0 Å². The van der Waals surface area contributed by atoms with Gasteiger partial charge < -0.3 is 9.80 Å². The van der Waals surface area contributed by atoms with Crippen molar-refractivity contribution in [1.82, 2.24) is 0 Å². The van der Waals surface area contributed by atoms with E-state index in [0.717, 1.165) is 93.2 Å². The van der Waals surface area contributed by atoms with Crippen LogP contribution in [0.2, 0.25) is 0 Å². The van der Waals surface area contributed by atoms with Crippen molar-refractivity contribution in [3.05, 3.63) is 384 Å². The van der Waals surface area contributed by atoms with Crippen molar-refractivity contribution in [2.75, 3.05) is 9.80 Å². The molecule has 0 saturated carbocycles. The molecule has 422 valence electrons. The van der Waals surface area contributed by atoms with Crippen LogP contribution in [0.15, 0.2) is 318 Å². The Morgan fingerprint density at radius 3 is 0.807 bits per heavy atom. The number of anilines is 6. The van der Waals surface area contributed by atoms with E-state index in [1.165, 1.54) is 66.8 Å². The molecule has 0 bridgehead atoms. The van der Waals surface area contributed by atoms with Crippen LogP contribution in [-0.2, 0) is 36.5 Å². The Labute approximate surface area is 519 Å². The van der Waals surface area contributed by atoms with Crippen molar-refractivity contribution in [1.29, 1.82) is 0 Å². The van der Waals surface area contributed by atoms with Gasteiger partial charge in [0.2, 0.25) is 0 Å². The summed E-state index contributed by atoms with van der Waals surface area (Å²) in [5.41, 5.74) is 28.4. The molecule has 0 aliphatic heterocycles. The van der Waals surface area contributed by atoms with E-state index >= 15 is 0 Å². The van der Waals surface area contributed by atoms with Crippen LogP contribution in [0.25, 0.3) is 57.7 Å². The van der Waals surface area contributed by atoms with Gasteiger partial charge in [-0.05, 0) is 199 Å². The van der Waals surface area contributed by atoms with Crippen LogP contribution >= 0.6 is 0 Å². The van der Waals surface area contributed by atoms with Crippen molar-refractivity contribution >= 4 is 58.4 Å². The zero-order valence-corrected chi connectivity index (χ0v) is 49.6. The zero-order valence-electron chi connectivity index (χ0n) is 49.6. The summed E-state index contributed by atoms with van der Waals surface area (Å²) >= 11 is 0. The number of hydrogen-bond acceptors (Lipinski definition) is 2. The molecular weight excluding hydrogens is 1060 g/mol. The molecule has 2 heteroatoms. The topological polar surface area (TPSA) is 6.48 Å². The Balaban J connectivity index is 0.825. The number of rotatable bonds is 19. The van der Waals surface area contributed by atoms with Gasteiger partial charge in [-0.25, -0.2) is 0 Å². The molecule has 2 aliphatic carbocycles. The molecule has 0 aromatic heterocycles. The molecule has 0 heterocycles. The van der Waals surface area contributed by atoms with E-state index in [4.69, 9.17) is 0 Å². The maximum Gasteiger partial charge on any atom is 0.0465 e. The third-order valence-electron chi connectivity index (χ3n) is 18.5. The molecule has 12 aromatic carbocycles. The summed E-state index contributed by atoms with van der Waals surface area (Å²) in [4.78, 5) is 4.83. The summed E-state index contributed by atoms with van der Waals surface area (Å²) in [6.07, 6.45) is 11.0. The molecule has 0 atom stereocenters. The second kappa shape index (κ2) is 23.6. The molecule has 88 heavy (non-hydrogen) atoms. The average molecular weight is 1130 g/mol. The van der Waals surface area contributed by atoms with E-state index in [-0.39, 0.29) is 10.8 Å². The predicted octanol–water partition coefficient (Wildman–Crippen LogP) is 22.4. The number of benzene rings is 12. The van der Waals surface area contributed by atoms with Gasteiger partial charge in [-0.15, -0.1) is 0 Å². The summed E-state index contributed by atoms with van der Waals surface area (Å²) in [5, 5.41) is 0. The van der Waals surface area contributed by atoms with E-state index in [1.54, 1.807) is 0 Å². The molecule has 0 saturated heterocycles. The average Bonchev–Trinajstić information content (AvgIpc) is 1.72. The van der Waals surface area contributed by atoms with Gasteiger partial charge in [0.1, 0.15) is 0 Å². The normalized spacial score (nSPS) is 12.9. The highest BCUT2D eigenvalue weighted by Gasteiger charge is 2.45. The largest absolute Gasteiger partial charge is 0.310 e. The second-order valence-electron chi connectivity index (χ2n) is 23.6. The first-order valence-corrected chi connectivity index (χ1v) is 30.6. The van der Waals surface area contributed by atoms with E-state index in [1.807, 2.05) is 24.3 Å².